The van der Waals surface area contributed by atoms with E-state index >= 15 is 0 Å². The van der Waals surface area contributed by atoms with Gasteiger partial charge in [0, 0.05) is 33.4 Å². The third kappa shape index (κ3) is 7.70. The molecule has 0 aliphatic carbocycles. The van der Waals surface area contributed by atoms with Gasteiger partial charge in [0.1, 0.15) is 11.9 Å². The first-order chi connectivity index (χ1) is 14.5. The molecule has 0 saturated heterocycles. The number of carbonyl (C=O) groups excluding carboxylic acids is 2. The quantitative estimate of drug-likeness (QED) is 0.522. The van der Waals surface area contributed by atoms with Crippen LogP contribution in [0.15, 0.2) is 42.5 Å². The SMILES string of the molecule is CC(C(=O)NC(C)(C)C)N(Cc1ccccc1Cl)C(=O)CSCc1c(F)cccc1Cl. The lowest BCUT2D eigenvalue weighted by Crippen LogP contribution is -2.52. The van der Waals surface area contributed by atoms with Gasteiger partial charge < -0.3 is 10.2 Å². The van der Waals surface area contributed by atoms with Gasteiger partial charge in [-0.25, -0.2) is 4.39 Å². The van der Waals surface area contributed by atoms with E-state index in [-0.39, 0.29) is 29.9 Å². The van der Waals surface area contributed by atoms with Crippen LogP contribution in [0.3, 0.4) is 0 Å². The minimum Gasteiger partial charge on any atom is -0.350 e. The molecule has 2 aromatic rings. The molecule has 2 aromatic carbocycles. The Hall–Kier alpha value is -1.76. The van der Waals surface area contributed by atoms with Crippen molar-refractivity contribution in [3.8, 4) is 0 Å². The number of nitrogens with one attached hydrogen (secondary N) is 1. The topological polar surface area (TPSA) is 49.4 Å². The van der Waals surface area contributed by atoms with Gasteiger partial charge in [-0.3, -0.25) is 9.59 Å². The zero-order valence-electron chi connectivity index (χ0n) is 18.0. The molecule has 4 nitrogen and oxygen atoms in total. The Kier molecular flexibility index (Phi) is 9.22. The minimum absolute atomic E-state index is 0.0717. The maximum Gasteiger partial charge on any atom is 0.242 e. The molecular weight excluding hydrogens is 458 g/mol. The van der Waals surface area contributed by atoms with Crippen molar-refractivity contribution in [2.24, 2.45) is 0 Å². The number of nitrogens with zero attached hydrogens (tertiary/aromatic N) is 1. The van der Waals surface area contributed by atoms with Crippen LogP contribution in [0.25, 0.3) is 0 Å². The third-order valence-corrected chi connectivity index (χ3v) is 6.16. The number of thioether (sulfide) groups is 1. The van der Waals surface area contributed by atoms with Gasteiger partial charge in [0.05, 0.1) is 5.75 Å². The Morgan fingerprint density at radius 1 is 1.10 bits per heavy atom. The van der Waals surface area contributed by atoms with Gasteiger partial charge in [-0.1, -0.05) is 47.5 Å². The molecule has 8 heteroatoms. The Balaban J connectivity index is 2.15. The maximum atomic E-state index is 14.0. The average molecular weight is 485 g/mol. The molecule has 1 unspecified atom stereocenters. The summed E-state index contributed by atoms with van der Waals surface area (Å²) in [6, 6.07) is 11.0. The maximum absolute atomic E-state index is 14.0. The standard InChI is InChI=1S/C23H27Cl2FN2O2S/c1-15(22(30)27-23(2,3)4)28(12-16-8-5-6-9-18(16)24)21(29)14-31-13-17-19(25)10-7-11-20(17)26/h5-11,15H,12-14H2,1-4H3,(H,27,30). The monoisotopic (exact) mass is 484 g/mol. The lowest BCUT2D eigenvalue weighted by molar-refractivity contribution is -0.139. The zero-order chi connectivity index (χ0) is 23.2. The summed E-state index contributed by atoms with van der Waals surface area (Å²) >= 11 is 13.6. The molecule has 168 valence electrons. The van der Waals surface area contributed by atoms with E-state index in [9.17, 15) is 14.0 Å². The van der Waals surface area contributed by atoms with E-state index in [4.69, 9.17) is 23.2 Å². The summed E-state index contributed by atoms with van der Waals surface area (Å²) in [5, 5.41) is 3.76. The molecule has 0 bridgehead atoms. The highest BCUT2D eigenvalue weighted by atomic mass is 35.5. The summed E-state index contributed by atoms with van der Waals surface area (Å²) in [4.78, 5) is 27.3. The van der Waals surface area contributed by atoms with Gasteiger partial charge in [-0.05, 0) is 51.5 Å². The fourth-order valence-corrected chi connectivity index (χ4v) is 4.30. The van der Waals surface area contributed by atoms with Crippen molar-refractivity contribution in [2.75, 3.05) is 5.75 Å². The highest BCUT2D eigenvalue weighted by Crippen LogP contribution is 2.25. The first kappa shape index (κ1) is 25.5. The third-order valence-electron chi connectivity index (χ3n) is 4.50. The van der Waals surface area contributed by atoms with Crippen molar-refractivity contribution in [3.63, 3.8) is 0 Å². The highest BCUT2D eigenvalue weighted by Gasteiger charge is 2.28. The van der Waals surface area contributed by atoms with Crippen LogP contribution >= 0.6 is 35.0 Å². The molecule has 31 heavy (non-hydrogen) atoms. The van der Waals surface area contributed by atoms with Crippen LogP contribution in [-0.2, 0) is 21.9 Å². The highest BCUT2D eigenvalue weighted by molar-refractivity contribution is 7.99. The van der Waals surface area contributed by atoms with Crippen molar-refractivity contribution in [3.05, 3.63) is 69.5 Å². The normalized spacial score (nSPS) is 12.4. The number of amides is 2. The first-order valence-corrected chi connectivity index (χ1v) is 11.8. The van der Waals surface area contributed by atoms with E-state index in [1.807, 2.05) is 39.0 Å². The molecular formula is C23H27Cl2FN2O2S. The molecule has 0 fully saturated rings. The second kappa shape index (κ2) is 11.2. The summed E-state index contributed by atoms with van der Waals surface area (Å²) in [5.41, 5.74) is 0.675. The second-order valence-corrected chi connectivity index (χ2v) is 10.0. The number of halogens is 3. The summed E-state index contributed by atoms with van der Waals surface area (Å²) < 4.78 is 14.0. The van der Waals surface area contributed by atoms with Crippen LogP contribution in [0.2, 0.25) is 10.0 Å². The van der Waals surface area contributed by atoms with Crippen molar-refractivity contribution in [2.45, 2.75) is 51.6 Å². The number of rotatable bonds is 8. The number of benzene rings is 2. The van der Waals surface area contributed by atoms with E-state index in [0.29, 0.717) is 15.6 Å². The van der Waals surface area contributed by atoms with Crippen LogP contribution in [-0.4, -0.2) is 34.0 Å². The van der Waals surface area contributed by atoms with Gasteiger partial charge in [-0.2, -0.15) is 0 Å². The summed E-state index contributed by atoms with van der Waals surface area (Å²) in [6.07, 6.45) is 0. The fraction of sp³-hybridized carbons (Fsp3) is 0.391. The Labute approximate surface area is 197 Å². The van der Waals surface area contributed by atoms with Crippen molar-refractivity contribution in [1.82, 2.24) is 10.2 Å². The van der Waals surface area contributed by atoms with Crippen molar-refractivity contribution < 1.29 is 14.0 Å². The van der Waals surface area contributed by atoms with Crippen molar-refractivity contribution in [1.29, 1.82) is 0 Å². The van der Waals surface area contributed by atoms with E-state index in [2.05, 4.69) is 5.32 Å². The molecule has 0 aliphatic rings. The predicted octanol–water partition coefficient (Wildman–Crippen LogP) is 5.70. The zero-order valence-corrected chi connectivity index (χ0v) is 20.4. The molecule has 0 heterocycles. The molecule has 1 atom stereocenters. The first-order valence-electron chi connectivity index (χ1n) is 9.85. The molecule has 2 amide bonds. The van der Waals surface area contributed by atoms with Crippen LogP contribution < -0.4 is 5.32 Å². The molecule has 1 N–H and O–H groups in total. The summed E-state index contributed by atoms with van der Waals surface area (Å²) in [7, 11) is 0. The Bertz CT molecular complexity index is 914. The molecule has 0 aromatic heterocycles. The summed E-state index contributed by atoms with van der Waals surface area (Å²) in [6.45, 7) is 7.52. The van der Waals surface area contributed by atoms with Crippen LogP contribution in [0.4, 0.5) is 4.39 Å². The van der Waals surface area contributed by atoms with E-state index in [1.165, 1.54) is 28.8 Å². The number of carbonyl (C=O) groups is 2. The number of hydrogen-bond donors (Lipinski definition) is 1. The largest absolute Gasteiger partial charge is 0.350 e. The molecule has 0 radical (unpaired) electrons. The molecule has 0 aliphatic heterocycles. The second-order valence-electron chi connectivity index (χ2n) is 8.22. The van der Waals surface area contributed by atoms with Gasteiger partial charge in [-0.15, -0.1) is 11.8 Å². The molecule has 0 spiro atoms. The predicted molar refractivity (Wildman–Crippen MR) is 127 cm³/mol. The van der Waals surface area contributed by atoms with Crippen LogP contribution in [0.5, 0.6) is 0 Å². The van der Waals surface area contributed by atoms with Crippen LogP contribution in [0.1, 0.15) is 38.8 Å². The van der Waals surface area contributed by atoms with Gasteiger partial charge in [0.25, 0.3) is 0 Å². The van der Waals surface area contributed by atoms with Gasteiger partial charge in [0.2, 0.25) is 11.8 Å². The number of hydrogen-bond acceptors (Lipinski definition) is 3. The minimum atomic E-state index is -0.708. The van der Waals surface area contributed by atoms with Gasteiger partial charge in [0.15, 0.2) is 0 Å². The lowest BCUT2D eigenvalue weighted by Gasteiger charge is -2.31. The Morgan fingerprint density at radius 3 is 2.35 bits per heavy atom. The van der Waals surface area contributed by atoms with E-state index in [0.717, 1.165) is 5.56 Å². The van der Waals surface area contributed by atoms with Crippen LogP contribution in [0, 0.1) is 5.82 Å². The molecule has 2 rings (SSSR count). The summed E-state index contributed by atoms with van der Waals surface area (Å²) in [5.74, 6) is -0.579. The van der Waals surface area contributed by atoms with Gasteiger partial charge >= 0.3 is 0 Å². The fourth-order valence-electron chi connectivity index (χ4n) is 2.86. The Morgan fingerprint density at radius 2 is 1.74 bits per heavy atom. The molecule has 0 saturated carbocycles. The van der Waals surface area contributed by atoms with Crippen molar-refractivity contribution >= 4 is 46.8 Å². The average Bonchev–Trinajstić information content (AvgIpc) is 2.67. The smallest absolute Gasteiger partial charge is 0.242 e. The van der Waals surface area contributed by atoms with E-state index < -0.39 is 17.4 Å². The lowest BCUT2D eigenvalue weighted by atomic mass is 10.1. The van der Waals surface area contributed by atoms with E-state index in [1.54, 1.807) is 19.1 Å².